The van der Waals surface area contributed by atoms with Crippen LogP contribution >= 0.6 is 0 Å². The molecule has 0 aliphatic carbocycles. The number of hydrogen-bond acceptors (Lipinski definition) is 4. The van der Waals surface area contributed by atoms with Crippen LogP contribution in [0.5, 0.6) is 5.75 Å². The highest BCUT2D eigenvalue weighted by Crippen LogP contribution is 2.24. The standard InChI is InChI=1S/C15H17N3O/c1-19-12-6-4-11(5-7-12)15-17-10-8-14(18-15)13-3-2-9-16-13/h4-8,10,13,16H,2-3,9H2,1H3/t13-/m1/s1. The Morgan fingerprint density at radius 2 is 2.05 bits per heavy atom. The molecule has 1 atom stereocenters. The molecule has 1 aliphatic rings. The normalized spacial score (nSPS) is 18.5. The maximum absolute atomic E-state index is 5.16. The van der Waals surface area contributed by atoms with Gasteiger partial charge in [-0.3, -0.25) is 0 Å². The first-order chi connectivity index (χ1) is 9.36. The lowest BCUT2D eigenvalue weighted by atomic mass is 10.1. The summed E-state index contributed by atoms with van der Waals surface area (Å²) in [6.45, 7) is 1.08. The number of rotatable bonds is 3. The molecule has 4 nitrogen and oxygen atoms in total. The van der Waals surface area contributed by atoms with E-state index in [1.807, 2.05) is 36.5 Å². The second-order valence-electron chi connectivity index (χ2n) is 4.68. The summed E-state index contributed by atoms with van der Waals surface area (Å²) in [5.74, 6) is 1.62. The first-order valence-corrected chi connectivity index (χ1v) is 6.57. The first kappa shape index (κ1) is 12.1. The molecule has 1 fully saturated rings. The van der Waals surface area contributed by atoms with Crippen LogP contribution in [0.3, 0.4) is 0 Å². The van der Waals surface area contributed by atoms with E-state index < -0.39 is 0 Å². The van der Waals surface area contributed by atoms with Gasteiger partial charge < -0.3 is 10.1 Å². The Bertz CT molecular complexity index is 548. The van der Waals surface area contributed by atoms with Gasteiger partial charge in [0, 0.05) is 17.8 Å². The molecule has 4 heteroatoms. The number of nitrogens with one attached hydrogen (secondary N) is 1. The van der Waals surface area contributed by atoms with E-state index in [1.54, 1.807) is 7.11 Å². The monoisotopic (exact) mass is 255 g/mol. The lowest BCUT2D eigenvalue weighted by molar-refractivity contribution is 0.415. The molecule has 0 radical (unpaired) electrons. The van der Waals surface area contributed by atoms with Gasteiger partial charge in [-0.15, -0.1) is 0 Å². The molecule has 0 bridgehead atoms. The summed E-state index contributed by atoms with van der Waals surface area (Å²) in [4.78, 5) is 9.02. The van der Waals surface area contributed by atoms with E-state index in [9.17, 15) is 0 Å². The molecule has 1 aromatic carbocycles. The van der Waals surface area contributed by atoms with E-state index in [2.05, 4.69) is 15.3 Å². The van der Waals surface area contributed by atoms with E-state index in [4.69, 9.17) is 4.74 Å². The Kier molecular flexibility index (Phi) is 3.42. The van der Waals surface area contributed by atoms with Crippen molar-refractivity contribution in [3.8, 4) is 17.1 Å². The highest BCUT2D eigenvalue weighted by atomic mass is 16.5. The Labute approximate surface area is 112 Å². The number of benzene rings is 1. The van der Waals surface area contributed by atoms with Crippen molar-refractivity contribution in [2.45, 2.75) is 18.9 Å². The highest BCUT2D eigenvalue weighted by molar-refractivity contribution is 5.56. The summed E-state index contributed by atoms with van der Waals surface area (Å²) in [5.41, 5.74) is 2.10. The van der Waals surface area contributed by atoms with Crippen LogP contribution in [-0.4, -0.2) is 23.6 Å². The van der Waals surface area contributed by atoms with Crippen molar-refractivity contribution in [1.29, 1.82) is 0 Å². The van der Waals surface area contributed by atoms with Gasteiger partial charge in [-0.25, -0.2) is 9.97 Å². The van der Waals surface area contributed by atoms with Crippen LogP contribution in [-0.2, 0) is 0 Å². The second-order valence-corrected chi connectivity index (χ2v) is 4.68. The van der Waals surface area contributed by atoms with Crippen molar-refractivity contribution in [2.75, 3.05) is 13.7 Å². The van der Waals surface area contributed by atoms with Gasteiger partial charge in [0.05, 0.1) is 12.8 Å². The summed E-state index contributed by atoms with van der Waals surface area (Å²) in [7, 11) is 1.66. The van der Waals surface area contributed by atoms with E-state index >= 15 is 0 Å². The molecular formula is C15H17N3O. The van der Waals surface area contributed by atoms with Crippen LogP contribution < -0.4 is 10.1 Å². The second kappa shape index (κ2) is 5.36. The molecule has 0 amide bonds. The minimum atomic E-state index is 0.375. The molecule has 1 aliphatic heterocycles. The van der Waals surface area contributed by atoms with Gasteiger partial charge in [-0.1, -0.05) is 0 Å². The minimum absolute atomic E-state index is 0.375. The van der Waals surface area contributed by atoms with Gasteiger partial charge in [0.25, 0.3) is 0 Å². The van der Waals surface area contributed by atoms with Gasteiger partial charge in [-0.05, 0) is 49.7 Å². The summed E-state index contributed by atoms with van der Waals surface area (Å²) in [6.07, 6.45) is 4.20. The number of nitrogens with zero attached hydrogens (tertiary/aromatic N) is 2. The fourth-order valence-corrected chi connectivity index (χ4v) is 2.38. The molecule has 0 saturated carbocycles. The average molecular weight is 255 g/mol. The first-order valence-electron chi connectivity index (χ1n) is 6.57. The molecule has 1 aromatic heterocycles. The average Bonchev–Trinajstić information content (AvgIpc) is 3.02. The predicted molar refractivity (Wildman–Crippen MR) is 74.0 cm³/mol. The molecular weight excluding hydrogens is 238 g/mol. The third-order valence-corrected chi connectivity index (χ3v) is 3.44. The molecule has 2 aromatic rings. The van der Waals surface area contributed by atoms with E-state index in [1.165, 1.54) is 6.42 Å². The Hall–Kier alpha value is -1.94. The third-order valence-electron chi connectivity index (χ3n) is 3.44. The van der Waals surface area contributed by atoms with Gasteiger partial charge in [0.1, 0.15) is 5.75 Å². The smallest absolute Gasteiger partial charge is 0.159 e. The molecule has 3 rings (SSSR count). The quantitative estimate of drug-likeness (QED) is 0.915. The van der Waals surface area contributed by atoms with E-state index in [0.717, 1.165) is 35.8 Å². The van der Waals surface area contributed by atoms with Crippen molar-refractivity contribution in [3.63, 3.8) is 0 Å². The van der Waals surface area contributed by atoms with Crippen LogP contribution in [0.1, 0.15) is 24.6 Å². The SMILES string of the molecule is COc1ccc(-c2nccc([C@H]3CCCN3)n2)cc1. The van der Waals surface area contributed by atoms with Crippen LogP contribution in [0.4, 0.5) is 0 Å². The van der Waals surface area contributed by atoms with Crippen LogP contribution in [0.25, 0.3) is 11.4 Å². The summed E-state index contributed by atoms with van der Waals surface area (Å²) in [5, 5.41) is 3.46. The molecule has 2 heterocycles. The van der Waals surface area contributed by atoms with E-state index in [0.29, 0.717) is 6.04 Å². The summed E-state index contributed by atoms with van der Waals surface area (Å²) >= 11 is 0. The maximum Gasteiger partial charge on any atom is 0.159 e. The number of methoxy groups -OCH3 is 1. The molecule has 1 saturated heterocycles. The zero-order chi connectivity index (χ0) is 13.1. The molecule has 1 N–H and O–H groups in total. The van der Waals surface area contributed by atoms with E-state index in [-0.39, 0.29) is 0 Å². The van der Waals surface area contributed by atoms with Crippen LogP contribution in [0.15, 0.2) is 36.5 Å². The minimum Gasteiger partial charge on any atom is -0.497 e. The zero-order valence-corrected chi connectivity index (χ0v) is 11.0. The van der Waals surface area contributed by atoms with Crippen LogP contribution in [0.2, 0.25) is 0 Å². The van der Waals surface area contributed by atoms with Crippen molar-refractivity contribution in [2.24, 2.45) is 0 Å². The lowest BCUT2D eigenvalue weighted by Gasteiger charge is -2.10. The van der Waals surface area contributed by atoms with Gasteiger partial charge in [-0.2, -0.15) is 0 Å². The van der Waals surface area contributed by atoms with Crippen molar-refractivity contribution >= 4 is 0 Å². The Balaban J connectivity index is 1.89. The fourth-order valence-electron chi connectivity index (χ4n) is 2.38. The van der Waals surface area contributed by atoms with Gasteiger partial charge in [0.15, 0.2) is 5.82 Å². The van der Waals surface area contributed by atoms with Gasteiger partial charge in [0.2, 0.25) is 0 Å². The van der Waals surface area contributed by atoms with Crippen molar-refractivity contribution in [3.05, 3.63) is 42.2 Å². The molecule has 19 heavy (non-hydrogen) atoms. The number of aromatic nitrogens is 2. The topological polar surface area (TPSA) is 47.0 Å². The summed E-state index contributed by atoms with van der Waals surface area (Å²) < 4.78 is 5.16. The van der Waals surface area contributed by atoms with Crippen molar-refractivity contribution in [1.82, 2.24) is 15.3 Å². The van der Waals surface area contributed by atoms with Crippen molar-refractivity contribution < 1.29 is 4.74 Å². The molecule has 0 spiro atoms. The summed E-state index contributed by atoms with van der Waals surface area (Å²) in [6, 6.07) is 10.2. The molecule has 0 unspecified atom stereocenters. The fraction of sp³-hybridized carbons (Fsp3) is 0.333. The largest absolute Gasteiger partial charge is 0.497 e. The third kappa shape index (κ3) is 2.58. The zero-order valence-electron chi connectivity index (χ0n) is 11.0. The lowest BCUT2D eigenvalue weighted by Crippen LogP contribution is -2.14. The van der Waals surface area contributed by atoms with Crippen LogP contribution in [0, 0.1) is 0 Å². The van der Waals surface area contributed by atoms with Gasteiger partial charge >= 0.3 is 0 Å². The maximum atomic E-state index is 5.16. The predicted octanol–water partition coefficient (Wildman–Crippen LogP) is 2.58. The highest BCUT2D eigenvalue weighted by Gasteiger charge is 2.18. The number of ether oxygens (including phenoxy) is 1. The Morgan fingerprint density at radius 3 is 2.74 bits per heavy atom. The number of hydrogen-bond donors (Lipinski definition) is 1. The molecule has 98 valence electrons. The Morgan fingerprint density at radius 1 is 1.21 bits per heavy atom.